The maximum atomic E-state index is 7.52. The van der Waals surface area contributed by atoms with Gasteiger partial charge in [0.15, 0.2) is 11.1 Å². The Labute approximate surface area is 105 Å². The smallest absolute Gasteiger partial charge is 0.193 e. The minimum Gasteiger partial charge on any atom is -0.496 e. The first-order chi connectivity index (χ1) is 8.02. The van der Waals surface area contributed by atoms with E-state index in [4.69, 9.17) is 21.6 Å². The van der Waals surface area contributed by atoms with Gasteiger partial charge in [0.2, 0.25) is 0 Å². The molecule has 0 fully saturated rings. The number of nitrogens with two attached hydrogens (primary N) is 2. The van der Waals surface area contributed by atoms with Gasteiger partial charge in [-0.25, -0.2) is 0 Å². The summed E-state index contributed by atoms with van der Waals surface area (Å²) < 4.78 is 5.24. The first-order valence-electron chi connectivity index (χ1n) is 4.97. The van der Waals surface area contributed by atoms with Crippen LogP contribution in [0.3, 0.4) is 0 Å². The minimum absolute atomic E-state index is 0.0913. The fourth-order valence-corrected chi connectivity index (χ4v) is 2.00. The fourth-order valence-electron chi connectivity index (χ4n) is 1.32. The molecule has 0 aromatic heterocycles. The highest BCUT2D eigenvalue weighted by molar-refractivity contribution is 8.13. The van der Waals surface area contributed by atoms with E-state index in [1.54, 1.807) is 7.11 Å². The van der Waals surface area contributed by atoms with E-state index >= 15 is 0 Å². The molecule has 92 valence electrons. The van der Waals surface area contributed by atoms with Crippen LogP contribution in [0.25, 0.3) is 0 Å². The number of nitrogens with zero attached hydrogens (tertiary/aromatic N) is 1. The van der Waals surface area contributed by atoms with Crippen molar-refractivity contribution in [3.63, 3.8) is 0 Å². The summed E-state index contributed by atoms with van der Waals surface area (Å²) in [5.74, 6) is 1.31. The van der Waals surface area contributed by atoms with Crippen molar-refractivity contribution in [1.82, 2.24) is 0 Å². The van der Waals surface area contributed by atoms with Crippen LogP contribution < -0.4 is 16.2 Å². The third-order valence-corrected chi connectivity index (χ3v) is 2.85. The third-order valence-electron chi connectivity index (χ3n) is 2.03. The van der Waals surface area contributed by atoms with Crippen LogP contribution in [0.15, 0.2) is 23.2 Å². The number of hydrogen-bond donors (Lipinski definition) is 3. The zero-order chi connectivity index (χ0) is 12.8. The summed E-state index contributed by atoms with van der Waals surface area (Å²) in [5.41, 5.74) is 12.6. The second-order valence-electron chi connectivity index (χ2n) is 3.45. The Morgan fingerprint density at radius 1 is 1.47 bits per heavy atom. The molecule has 0 amide bonds. The third kappa shape index (κ3) is 4.36. The van der Waals surface area contributed by atoms with Crippen LogP contribution in [-0.2, 0) is 5.75 Å². The molecule has 0 heterocycles. The number of thioether (sulfide) groups is 1. The molecule has 17 heavy (non-hydrogen) atoms. The highest BCUT2D eigenvalue weighted by Gasteiger charge is 2.05. The van der Waals surface area contributed by atoms with Crippen molar-refractivity contribution in [2.45, 2.75) is 12.7 Å². The zero-order valence-electron chi connectivity index (χ0n) is 9.86. The zero-order valence-corrected chi connectivity index (χ0v) is 10.7. The van der Waals surface area contributed by atoms with Gasteiger partial charge >= 0.3 is 0 Å². The van der Waals surface area contributed by atoms with Gasteiger partial charge < -0.3 is 16.2 Å². The Morgan fingerprint density at radius 2 is 2.18 bits per heavy atom. The van der Waals surface area contributed by atoms with Crippen molar-refractivity contribution < 1.29 is 4.74 Å². The summed E-state index contributed by atoms with van der Waals surface area (Å²) in [7, 11) is 1.63. The standard InChI is InChI=1S/C11H16N4OS/c1-7-3-4-9(16-2)8(5-7)6-17-11(14)15-10(12)13/h3-5H,6H2,1-2H3,(H5,12,13,14,15). The topological polar surface area (TPSA) is 97.5 Å². The highest BCUT2D eigenvalue weighted by atomic mass is 32.2. The largest absolute Gasteiger partial charge is 0.496 e. The van der Waals surface area contributed by atoms with E-state index < -0.39 is 0 Å². The van der Waals surface area contributed by atoms with Crippen molar-refractivity contribution in [2.24, 2.45) is 16.5 Å². The SMILES string of the molecule is COc1ccc(C)cc1CSC(=N)N=C(N)N. The highest BCUT2D eigenvalue weighted by Crippen LogP contribution is 2.24. The summed E-state index contributed by atoms with van der Waals surface area (Å²) in [4.78, 5) is 3.65. The predicted octanol–water partition coefficient (Wildman–Crippen LogP) is 1.44. The van der Waals surface area contributed by atoms with Crippen LogP contribution >= 0.6 is 11.8 Å². The van der Waals surface area contributed by atoms with E-state index in [0.717, 1.165) is 16.9 Å². The molecular weight excluding hydrogens is 236 g/mol. The van der Waals surface area contributed by atoms with E-state index in [1.165, 1.54) is 11.8 Å². The van der Waals surface area contributed by atoms with Gasteiger partial charge in [0.05, 0.1) is 7.11 Å². The molecular formula is C11H16N4OS. The van der Waals surface area contributed by atoms with Gasteiger partial charge in [-0.05, 0) is 13.0 Å². The molecule has 0 aliphatic rings. The molecule has 1 aromatic carbocycles. The van der Waals surface area contributed by atoms with Crippen LogP contribution in [0.2, 0.25) is 0 Å². The molecule has 0 saturated carbocycles. The van der Waals surface area contributed by atoms with Crippen molar-refractivity contribution in [1.29, 1.82) is 5.41 Å². The van der Waals surface area contributed by atoms with Gasteiger partial charge in [-0.15, -0.1) is 0 Å². The molecule has 0 unspecified atom stereocenters. The van der Waals surface area contributed by atoms with Gasteiger partial charge in [-0.1, -0.05) is 29.5 Å². The Kier molecular flexibility index (Phi) is 4.84. The van der Waals surface area contributed by atoms with E-state index in [2.05, 4.69) is 4.99 Å². The van der Waals surface area contributed by atoms with Crippen molar-refractivity contribution in [2.75, 3.05) is 7.11 Å². The second kappa shape index (κ2) is 6.15. The number of nitrogens with one attached hydrogen (secondary N) is 1. The van der Waals surface area contributed by atoms with Gasteiger partial charge in [0.1, 0.15) is 5.75 Å². The van der Waals surface area contributed by atoms with Crippen LogP contribution in [0.4, 0.5) is 0 Å². The van der Waals surface area contributed by atoms with Crippen LogP contribution in [-0.4, -0.2) is 18.2 Å². The van der Waals surface area contributed by atoms with Crippen molar-refractivity contribution in [3.8, 4) is 5.75 Å². The quantitative estimate of drug-likeness (QED) is 0.560. The summed E-state index contributed by atoms with van der Waals surface area (Å²) >= 11 is 1.25. The van der Waals surface area contributed by atoms with Crippen LogP contribution in [0.5, 0.6) is 5.75 Å². The molecule has 5 N–H and O–H groups in total. The Balaban J connectivity index is 2.71. The number of ether oxygens (including phenoxy) is 1. The predicted molar refractivity (Wildman–Crippen MR) is 72.6 cm³/mol. The molecule has 0 bridgehead atoms. The molecule has 5 nitrogen and oxygen atoms in total. The molecule has 0 aliphatic heterocycles. The Morgan fingerprint density at radius 3 is 2.76 bits per heavy atom. The summed E-state index contributed by atoms with van der Waals surface area (Å²) in [6.07, 6.45) is 0. The summed E-state index contributed by atoms with van der Waals surface area (Å²) in [6, 6.07) is 5.92. The van der Waals surface area contributed by atoms with Crippen LogP contribution in [0.1, 0.15) is 11.1 Å². The van der Waals surface area contributed by atoms with E-state index in [1.807, 2.05) is 25.1 Å². The lowest BCUT2D eigenvalue weighted by atomic mass is 10.1. The Hall–Kier alpha value is -1.69. The molecule has 0 spiro atoms. The maximum Gasteiger partial charge on any atom is 0.193 e. The molecule has 1 rings (SSSR count). The van der Waals surface area contributed by atoms with Gasteiger partial charge in [0.25, 0.3) is 0 Å². The van der Waals surface area contributed by atoms with Gasteiger partial charge in [-0.3, -0.25) is 5.41 Å². The number of aryl methyl sites for hydroxylation is 1. The number of amidine groups is 1. The lowest BCUT2D eigenvalue weighted by molar-refractivity contribution is 0.411. The number of hydrogen-bond acceptors (Lipinski definition) is 3. The maximum absolute atomic E-state index is 7.52. The average molecular weight is 252 g/mol. The lowest BCUT2D eigenvalue weighted by Crippen LogP contribution is -2.23. The summed E-state index contributed by atoms with van der Waals surface area (Å²) in [5, 5.41) is 7.62. The van der Waals surface area contributed by atoms with E-state index in [9.17, 15) is 0 Å². The minimum atomic E-state index is -0.0984. The molecule has 0 atom stereocenters. The fraction of sp³-hybridized carbons (Fsp3) is 0.273. The monoisotopic (exact) mass is 252 g/mol. The van der Waals surface area contributed by atoms with Gasteiger partial charge in [-0.2, -0.15) is 4.99 Å². The van der Waals surface area contributed by atoms with Crippen LogP contribution in [0, 0.1) is 12.3 Å². The molecule has 6 heteroatoms. The number of aliphatic imine (C=N–C) groups is 1. The lowest BCUT2D eigenvalue weighted by Gasteiger charge is -2.08. The summed E-state index contributed by atoms with van der Waals surface area (Å²) in [6.45, 7) is 2.01. The Bertz CT molecular complexity index is 441. The van der Waals surface area contributed by atoms with Crippen molar-refractivity contribution >= 4 is 22.9 Å². The normalized spacial score (nSPS) is 9.76. The van der Waals surface area contributed by atoms with E-state index in [0.29, 0.717) is 5.75 Å². The van der Waals surface area contributed by atoms with Gasteiger partial charge in [0, 0.05) is 11.3 Å². The first-order valence-corrected chi connectivity index (χ1v) is 5.96. The molecule has 0 radical (unpaired) electrons. The van der Waals surface area contributed by atoms with Crippen molar-refractivity contribution in [3.05, 3.63) is 29.3 Å². The number of rotatable bonds is 3. The average Bonchev–Trinajstić information content (AvgIpc) is 2.25. The molecule has 0 saturated heterocycles. The molecule has 1 aromatic rings. The first kappa shape index (κ1) is 13.4. The van der Waals surface area contributed by atoms with E-state index in [-0.39, 0.29) is 11.1 Å². The number of benzene rings is 1. The number of methoxy groups -OCH3 is 1. The number of guanidine groups is 1. The second-order valence-corrected chi connectivity index (χ2v) is 4.41. The molecule has 0 aliphatic carbocycles.